The number of unbranched alkanes of at least 4 members (excludes halogenated alkanes) is 1. The second-order valence-electron chi connectivity index (χ2n) is 5.41. The van der Waals surface area contributed by atoms with Gasteiger partial charge < -0.3 is 5.32 Å². The van der Waals surface area contributed by atoms with Gasteiger partial charge in [0, 0.05) is 11.8 Å². The molecule has 1 saturated heterocycles. The third-order valence-corrected chi connectivity index (χ3v) is 4.30. The van der Waals surface area contributed by atoms with Crippen molar-refractivity contribution in [3.63, 3.8) is 0 Å². The highest BCUT2D eigenvalue weighted by molar-refractivity contribution is 5.80. The van der Waals surface area contributed by atoms with Crippen molar-refractivity contribution in [3.05, 3.63) is 35.9 Å². The minimum atomic E-state index is 0.119. The number of rotatable bonds is 5. The zero-order valence-corrected chi connectivity index (χ0v) is 11.4. The molecule has 98 valence electrons. The van der Waals surface area contributed by atoms with Gasteiger partial charge in [-0.1, -0.05) is 57.0 Å². The van der Waals surface area contributed by atoms with Crippen LogP contribution in [-0.4, -0.2) is 5.91 Å². The molecule has 18 heavy (non-hydrogen) atoms. The summed E-state index contributed by atoms with van der Waals surface area (Å²) in [5.41, 5.74) is 1.37. The average molecular weight is 245 g/mol. The molecule has 1 amide bonds. The van der Waals surface area contributed by atoms with Crippen molar-refractivity contribution in [2.75, 3.05) is 0 Å². The number of hydrogen-bond acceptors (Lipinski definition) is 1. The largest absolute Gasteiger partial charge is 0.349 e. The molecular formula is C16H23NO. The van der Waals surface area contributed by atoms with Crippen LogP contribution >= 0.6 is 0 Å². The Labute approximate surface area is 110 Å². The van der Waals surface area contributed by atoms with E-state index in [1.54, 1.807) is 0 Å². The first-order valence-electron chi connectivity index (χ1n) is 7.06. The Hall–Kier alpha value is -1.31. The Balaban J connectivity index is 2.28. The summed E-state index contributed by atoms with van der Waals surface area (Å²) in [4.78, 5) is 11.9. The Morgan fingerprint density at radius 3 is 2.61 bits per heavy atom. The van der Waals surface area contributed by atoms with E-state index in [0.29, 0.717) is 6.42 Å². The fraction of sp³-hybridized carbons (Fsp3) is 0.562. The summed E-state index contributed by atoms with van der Waals surface area (Å²) < 4.78 is 0. The van der Waals surface area contributed by atoms with Gasteiger partial charge in [0.15, 0.2) is 0 Å². The molecule has 0 bridgehead atoms. The fourth-order valence-electron chi connectivity index (χ4n) is 3.14. The predicted molar refractivity (Wildman–Crippen MR) is 74.2 cm³/mol. The van der Waals surface area contributed by atoms with E-state index in [2.05, 4.69) is 43.4 Å². The summed E-state index contributed by atoms with van der Waals surface area (Å²) in [6.07, 6.45) is 5.27. The van der Waals surface area contributed by atoms with E-state index in [1.807, 2.05) is 6.07 Å². The third kappa shape index (κ3) is 2.43. The topological polar surface area (TPSA) is 29.1 Å². The van der Waals surface area contributed by atoms with Gasteiger partial charge in [-0.25, -0.2) is 0 Å². The number of amides is 1. The van der Waals surface area contributed by atoms with E-state index in [0.717, 1.165) is 12.8 Å². The molecule has 2 rings (SSSR count). The Bertz CT molecular complexity index is 401. The second-order valence-corrected chi connectivity index (χ2v) is 5.41. The normalized spacial score (nSPS) is 27.2. The van der Waals surface area contributed by atoms with Crippen molar-refractivity contribution in [3.8, 4) is 0 Å². The Morgan fingerprint density at radius 1 is 1.28 bits per heavy atom. The summed E-state index contributed by atoms with van der Waals surface area (Å²) in [7, 11) is 0. The van der Waals surface area contributed by atoms with Gasteiger partial charge in [0.05, 0.1) is 6.04 Å². The van der Waals surface area contributed by atoms with E-state index >= 15 is 0 Å². The van der Waals surface area contributed by atoms with Gasteiger partial charge in [0.1, 0.15) is 0 Å². The van der Waals surface area contributed by atoms with Crippen molar-refractivity contribution in [2.24, 2.45) is 5.41 Å². The monoisotopic (exact) mass is 245 g/mol. The maximum atomic E-state index is 11.9. The van der Waals surface area contributed by atoms with Crippen LogP contribution in [0.1, 0.15) is 57.6 Å². The first-order chi connectivity index (χ1) is 8.72. The lowest BCUT2D eigenvalue weighted by Gasteiger charge is -2.33. The van der Waals surface area contributed by atoms with Gasteiger partial charge in [-0.05, 0) is 18.4 Å². The average Bonchev–Trinajstić information content (AvgIpc) is 2.75. The molecule has 0 radical (unpaired) electrons. The molecule has 1 aliphatic rings. The van der Waals surface area contributed by atoms with Gasteiger partial charge in [-0.15, -0.1) is 0 Å². The minimum absolute atomic E-state index is 0.119. The molecule has 1 aliphatic heterocycles. The van der Waals surface area contributed by atoms with Crippen LogP contribution in [-0.2, 0) is 4.79 Å². The van der Waals surface area contributed by atoms with Gasteiger partial charge in [0.2, 0.25) is 5.91 Å². The first-order valence-corrected chi connectivity index (χ1v) is 7.06. The summed E-state index contributed by atoms with van der Waals surface area (Å²) in [6, 6.07) is 10.6. The molecule has 1 aromatic rings. The molecule has 1 heterocycles. The summed E-state index contributed by atoms with van der Waals surface area (Å²) in [5.74, 6) is 0.210. The van der Waals surface area contributed by atoms with Gasteiger partial charge in [-0.3, -0.25) is 4.79 Å². The number of carbonyl (C=O) groups is 1. The van der Waals surface area contributed by atoms with Crippen LogP contribution in [0.2, 0.25) is 0 Å². The maximum Gasteiger partial charge on any atom is 0.221 e. The lowest BCUT2D eigenvalue weighted by atomic mass is 9.72. The smallest absolute Gasteiger partial charge is 0.221 e. The Kier molecular flexibility index (Phi) is 4.05. The molecule has 1 fully saturated rings. The molecule has 2 heteroatoms. The van der Waals surface area contributed by atoms with E-state index in [1.165, 1.54) is 18.4 Å². The quantitative estimate of drug-likeness (QED) is 0.839. The summed E-state index contributed by atoms with van der Waals surface area (Å²) >= 11 is 0. The molecule has 1 aromatic carbocycles. The zero-order valence-electron chi connectivity index (χ0n) is 11.4. The molecule has 2 unspecified atom stereocenters. The third-order valence-electron chi connectivity index (χ3n) is 4.30. The van der Waals surface area contributed by atoms with Crippen molar-refractivity contribution in [1.29, 1.82) is 0 Å². The molecule has 2 atom stereocenters. The molecular weight excluding hydrogens is 222 g/mol. The van der Waals surface area contributed by atoms with Gasteiger partial charge >= 0.3 is 0 Å². The van der Waals surface area contributed by atoms with Crippen LogP contribution in [0.5, 0.6) is 0 Å². The van der Waals surface area contributed by atoms with Crippen LogP contribution in [0.4, 0.5) is 0 Å². The van der Waals surface area contributed by atoms with Crippen LogP contribution in [0.3, 0.4) is 0 Å². The SMILES string of the molecule is CCCCC1(CC)CC(=O)NC1c1ccccc1. The maximum absolute atomic E-state index is 11.9. The number of hydrogen-bond donors (Lipinski definition) is 1. The second kappa shape index (κ2) is 5.55. The van der Waals surface area contributed by atoms with Crippen LogP contribution in [0.25, 0.3) is 0 Å². The molecule has 1 N–H and O–H groups in total. The lowest BCUT2D eigenvalue weighted by Crippen LogP contribution is -2.29. The number of carbonyl (C=O) groups excluding carboxylic acids is 1. The zero-order chi connectivity index (χ0) is 13.0. The highest BCUT2D eigenvalue weighted by Gasteiger charge is 2.45. The number of benzene rings is 1. The van der Waals surface area contributed by atoms with Gasteiger partial charge in [-0.2, -0.15) is 0 Å². The molecule has 0 aliphatic carbocycles. The van der Waals surface area contributed by atoms with E-state index in [-0.39, 0.29) is 17.4 Å². The highest BCUT2D eigenvalue weighted by Crippen LogP contribution is 2.48. The lowest BCUT2D eigenvalue weighted by molar-refractivity contribution is -0.119. The van der Waals surface area contributed by atoms with Crippen molar-refractivity contribution in [1.82, 2.24) is 5.32 Å². The summed E-state index contributed by atoms with van der Waals surface area (Å²) in [6.45, 7) is 4.43. The summed E-state index contributed by atoms with van der Waals surface area (Å²) in [5, 5.41) is 3.18. The van der Waals surface area contributed by atoms with Crippen molar-refractivity contribution < 1.29 is 4.79 Å². The molecule has 0 spiro atoms. The Morgan fingerprint density at radius 2 is 2.00 bits per heavy atom. The van der Waals surface area contributed by atoms with E-state index in [9.17, 15) is 4.79 Å². The van der Waals surface area contributed by atoms with Crippen LogP contribution < -0.4 is 5.32 Å². The van der Waals surface area contributed by atoms with Crippen molar-refractivity contribution >= 4 is 5.91 Å². The first kappa shape index (κ1) is 13.1. The van der Waals surface area contributed by atoms with Crippen LogP contribution in [0.15, 0.2) is 30.3 Å². The molecule has 2 nitrogen and oxygen atoms in total. The van der Waals surface area contributed by atoms with Crippen molar-refractivity contribution in [2.45, 2.75) is 52.0 Å². The predicted octanol–water partition coefficient (Wildman–Crippen LogP) is 3.83. The van der Waals surface area contributed by atoms with Crippen LogP contribution in [0, 0.1) is 5.41 Å². The molecule has 0 aromatic heterocycles. The van der Waals surface area contributed by atoms with E-state index < -0.39 is 0 Å². The fourth-order valence-corrected chi connectivity index (χ4v) is 3.14. The number of nitrogens with one attached hydrogen (secondary N) is 1. The molecule has 0 saturated carbocycles. The standard InChI is InChI=1S/C16H23NO/c1-3-5-11-16(4-2)12-14(18)17-15(16)13-9-7-6-8-10-13/h6-10,15H,3-5,11-12H2,1-2H3,(H,17,18). The van der Waals surface area contributed by atoms with E-state index in [4.69, 9.17) is 0 Å². The highest BCUT2D eigenvalue weighted by atomic mass is 16.2. The van der Waals surface area contributed by atoms with Gasteiger partial charge in [0.25, 0.3) is 0 Å². The minimum Gasteiger partial charge on any atom is -0.349 e.